The molecular weight excluding hydrogens is 320 g/mol. The fourth-order valence-electron chi connectivity index (χ4n) is 2.34. The van der Waals surface area contributed by atoms with Gasteiger partial charge in [-0.2, -0.15) is 0 Å². The predicted molar refractivity (Wildman–Crippen MR) is 96.6 cm³/mol. The highest BCUT2D eigenvalue weighted by atomic mass is 16.6. The topological polar surface area (TPSA) is 61.8 Å². The highest BCUT2D eigenvalue weighted by molar-refractivity contribution is 5.75. The number of benzene rings is 1. The third kappa shape index (κ3) is 11.3. The Labute approximate surface area is 150 Å². The van der Waals surface area contributed by atoms with Crippen LogP contribution in [0.1, 0.15) is 57.4 Å². The first-order valence-electron chi connectivity index (χ1n) is 9.12. The lowest BCUT2D eigenvalue weighted by Gasteiger charge is -2.07. The molecule has 0 saturated heterocycles. The fourth-order valence-corrected chi connectivity index (χ4v) is 2.34. The van der Waals surface area contributed by atoms with E-state index in [1.165, 1.54) is 32.1 Å². The molecular formula is C20H30O5. The lowest BCUT2D eigenvalue weighted by atomic mass is 10.1. The number of carbonyl (C=O) groups is 2. The first-order chi connectivity index (χ1) is 12.1. The molecule has 1 aromatic rings. The van der Waals surface area contributed by atoms with E-state index in [1.54, 1.807) is 18.2 Å². The summed E-state index contributed by atoms with van der Waals surface area (Å²) >= 11 is 0. The summed E-state index contributed by atoms with van der Waals surface area (Å²) in [6, 6.07) is 7.17. The molecule has 0 N–H and O–H groups in total. The predicted octanol–water partition coefficient (Wildman–Crippen LogP) is 4.21. The Bertz CT molecular complexity index is 513. The average Bonchev–Trinajstić information content (AvgIpc) is 2.57. The minimum atomic E-state index is -0.537. The van der Waals surface area contributed by atoms with Crippen LogP contribution in [0.4, 0.5) is 0 Å². The van der Waals surface area contributed by atoms with Crippen molar-refractivity contribution in [2.45, 2.75) is 58.8 Å². The van der Waals surface area contributed by atoms with E-state index in [0.717, 1.165) is 18.4 Å². The summed E-state index contributed by atoms with van der Waals surface area (Å²) in [7, 11) is 0. The zero-order valence-corrected chi connectivity index (χ0v) is 15.4. The number of rotatable bonds is 13. The van der Waals surface area contributed by atoms with Gasteiger partial charge in [0.25, 0.3) is 0 Å². The molecule has 0 heterocycles. The first kappa shape index (κ1) is 21.2. The maximum Gasteiger partial charge on any atom is 0.337 e. The third-order valence-corrected chi connectivity index (χ3v) is 3.67. The van der Waals surface area contributed by atoms with Gasteiger partial charge in [-0.25, -0.2) is 9.59 Å². The summed E-state index contributed by atoms with van der Waals surface area (Å²) in [5.74, 6) is -0.519. The summed E-state index contributed by atoms with van der Waals surface area (Å²) < 4.78 is 15.2. The van der Waals surface area contributed by atoms with Gasteiger partial charge in [0, 0.05) is 0 Å². The van der Waals surface area contributed by atoms with Gasteiger partial charge in [-0.1, -0.05) is 57.6 Å². The van der Waals surface area contributed by atoms with Crippen molar-refractivity contribution in [3.8, 4) is 5.75 Å². The number of hydrogen-bond donors (Lipinski definition) is 0. The van der Waals surface area contributed by atoms with E-state index in [0.29, 0.717) is 12.4 Å². The number of hydrogen-bond acceptors (Lipinski definition) is 5. The van der Waals surface area contributed by atoms with Crippen LogP contribution in [0.25, 0.3) is 0 Å². The number of aryl methyl sites for hydroxylation is 1. The van der Waals surface area contributed by atoms with E-state index >= 15 is 0 Å². The molecule has 0 aliphatic heterocycles. The van der Waals surface area contributed by atoms with Crippen LogP contribution in [-0.2, 0) is 19.1 Å². The lowest BCUT2D eigenvalue weighted by Crippen LogP contribution is -2.20. The van der Waals surface area contributed by atoms with Gasteiger partial charge in [0.05, 0.1) is 6.61 Å². The standard InChI is InChI=1S/C20H30O5/c1-3-4-5-6-7-8-9-13-24-19(21)15-23-16-20(22)25-18-12-10-11-17(2)14-18/h10-12,14H,3-9,13,15-16H2,1-2H3. The molecule has 5 heteroatoms. The van der Waals surface area contributed by atoms with Crippen LogP contribution in [0.2, 0.25) is 0 Å². The number of unbranched alkanes of at least 4 members (excludes halogenated alkanes) is 6. The van der Waals surface area contributed by atoms with E-state index in [1.807, 2.05) is 13.0 Å². The summed E-state index contributed by atoms with van der Waals surface area (Å²) in [5.41, 5.74) is 1.00. The molecule has 0 unspecified atom stereocenters. The first-order valence-corrected chi connectivity index (χ1v) is 9.12. The Kier molecular flexibility index (Phi) is 11.4. The second-order valence-electron chi connectivity index (χ2n) is 6.13. The molecule has 0 spiro atoms. The Hall–Kier alpha value is -1.88. The van der Waals surface area contributed by atoms with Crippen molar-refractivity contribution in [2.24, 2.45) is 0 Å². The van der Waals surface area contributed by atoms with Crippen LogP contribution in [0.5, 0.6) is 5.75 Å². The molecule has 5 nitrogen and oxygen atoms in total. The van der Waals surface area contributed by atoms with Crippen molar-refractivity contribution in [1.29, 1.82) is 0 Å². The zero-order chi connectivity index (χ0) is 18.3. The third-order valence-electron chi connectivity index (χ3n) is 3.67. The molecule has 0 aliphatic carbocycles. The van der Waals surface area contributed by atoms with Crippen LogP contribution in [-0.4, -0.2) is 31.8 Å². The SMILES string of the molecule is CCCCCCCCCOC(=O)COCC(=O)Oc1cccc(C)c1. The minimum absolute atomic E-state index is 0.237. The monoisotopic (exact) mass is 350 g/mol. The van der Waals surface area contributed by atoms with Crippen molar-refractivity contribution in [3.05, 3.63) is 29.8 Å². The number of carbonyl (C=O) groups excluding carboxylic acids is 2. The summed E-state index contributed by atoms with van der Waals surface area (Å²) in [5, 5.41) is 0. The molecule has 140 valence electrons. The van der Waals surface area contributed by atoms with Gasteiger partial charge in [0.1, 0.15) is 19.0 Å². The molecule has 1 rings (SSSR count). The molecule has 0 aliphatic rings. The van der Waals surface area contributed by atoms with Gasteiger partial charge in [-0.3, -0.25) is 0 Å². The van der Waals surface area contributed by atoms with Gasteiger partial charge in [0.2, 0.25) is 0 Å². The normalized spacial score (nSPS) is 10.5. The number of esters is 2. The van der Waals surface area contributed by atoms with Crippen LogP contribution in [0.15, 0.2) is 24.3 Å². The van der Waals surface area contributed by atoms with E-state index in [-0.39, 0.29) is 13.2 Å². The second kappa shape index (κ2) is 13.4. The molecule has 0 fully saturated rings. The van der Waals surface area contributed by atoms with Gasteiger partial charge in [-0.15, -0.1) is 0 Å². The van der Waals surface area contributed by atoms with Crippen molar-refractivity contribution < 1.29 is 23.8 Å². The highest BCUT2D eigenvalue weighted by Gasteiger charge is 2.08. The summed E-state index contributed by atoms with van der Waals surface area (Å²) in [6.07, 6.45) is 8.18. The maximum absolute atomic E-state index is 11.6. The van der Waals surface area contributed by atoms with Crippen LogP contribution in [0, 0.1) is 6.92 Å². The van der Waals surface area contributed by atoms with Crippen molar-refractivity contribution in [3.63, 3.8) is 0 Å². The zero-order valence-electron chi connectivity index (χ0n) is 15.4. The fraction of sp³-hybridized carbons (Fsp3) is 0.600. The molecule has 0 atom stereocenters. The van der Waals surface area contributed by atoms with Crippen LogP contribution < -0.4 is 4.74 Å². The van der Waals surface area contributed by atoms with Crippen molar-refractivity contribution >= 4 is 11.9 Å². The Morgan fingerprint density at radius 1 is 0.920 bits per heavy atom. The van der Waals surface area contributed by atoms with Gasteiger partial charge in [-0.05, 0) is 31.0 Å². The number of ether oxygens (including phenoxy) is 3. The summed E-state index contributed by atoms with van der Waals surface area (Å²) in [4.78, 5) is 23.1. The van der Waals surface area contributed by atoms with Crippen molar-refractivity contribution in [2.75, 3.05) is 19.8 Å². The molecule has 0 saturated carbocycles. The van der Waals surface area contributed by atoms with E-state index in [2.05, 4.69) is 6.92 Å². The average molecular weight is 350 g/mol. The molecule has 0 bridgehead atoms. The Morgan fingerprint density at radius 3 is 2.32 bits per heavy atom. The van der Waals surface area contributed by atoms with Gasteiger partial charge >= 0.3 is 11.9 Å². The lowest BCUT2D eigenvalue weighted by molar-refractivity contribution is -0.152. The smallest absolute Gasteiger partial charge is 0.337 e. The molecule has 25 heavy (non-hydrogen) atoms. The van der Waals surface area contributed by atoms with E-state index in [9.17, 15) is 9.59 Å². The molecule has 0 aromatic heterocycles. The minimum Gasteiger partial charge on any atom is -0.464 e. The molecule has 0 amide bonds. The van der Waals surface area contributed by atoms with Gasteiger partial charge < -0.3 is 14.2 Å². The Morgan fingerprint density at radius 2 is 1.60 bits per heavy atom. The molecule has 1 aromatic carbocycles. The summed E-state index contributed by atoms with van der Waals surface area (Å²) in [6.45, 7) is 4.00. The van der Waals surface area contributed by atoms with Crippen molar-refractivity contribution in [1.82, 2.24) is 0 Å². The highest BCUT2D eigenvalue weighted by Crippen LogP contribution is 2.12. The molecule has 0 radical (unpaired) electrons. The second-order valence-corrected chi connectivity index (χ2v) is 6.13. The maximum atomic E-state index is 11.6. The van der Waals surface area contributed by atoms with E-state index in [4.69, 9.17) is 14.2 Å². The largest absolute Gasteiger partial charge is 0.464 e. The van der Waals surface area contributed by atoms with Gasteiger partial charge in [0.15, 0.2) is 0 Å². The van der Waals surface area contributed by atoms with Crippen LogP contribution >= 0.6 is 0 Å². The quantitative estimate of drug-likeness (QED) is 0.303. The van der Waals surface area contributed by atoms with Crippen LogP contribution in [0.3, 0.4) is 0 Å². The Balaban J connectivity index is 2.00. The van der Waals surface area contributed by atoms with E-state index < -0.39 is 11.9 Å².